The molecule has 0 aliphatic carbocycles. The molecule has 27 heavy (non-hydrogen) atoms. The summed E-state index contributed by atoms with van der Waals surface area (Å²) < 4.78 is 31.1. The summed E-state index contributed by atoms with van der Waals surface area (Å²) in [6.07, 6.45) is -5.91. The van der Waals surface area contributed by atoms with Crippen molar-refractivity contribution in [2.24, 2.45) is 0 Å². The van der Waals surface area contributed by atoms with E-state index in [1.54, 1.807) is 0 Å². The Hall–Kier alpha value is -2.53. The molecule has 0 N–H and O–H groups in total. The summed E-state index contributed by atoms with van der Waals surface area (Å²) in [6, 6.07) is 0. The third-order valence-corrected chi connectivity index (χ3v) is 3.28. The highest BCUT2D eigenvalue weighted by atomic mass is 16.7. The summed E-state index contributed by atoms with van der Waals surface area (Å²) in [5.74, 6) is -2.86. The predicted molar refractivity (Wildman–Crippen MR) is 84.0 cm³/mol. The second kappa shape index (κ2) is 10.6. The van der Waals surface area contributed by atoms with E-state index in [9.17, 15) is 24.0 Å². The van der Waals surface area contributed by atoms with Crippen molar-refractivity contribution >= 4 is 30.2 Å². The van der Waals surface area contributed by atoms with E-state index in [4.69, 9.17) is 28.4 Å². The van der Waals surface area contributed by atoms with Gasteiger partial charge < -0.3 is 33.2 Å². The summed E-state index contributed by atoms with van der Waals surface area (Å²) in [7, 11) is 0. The lowest BCUT2D eigenvalue weighted by atomic mass is 9.98. The maximum Gasteiger partial charge on any atom is 0.303 e. The maximum absolute atomic E-state index is 11.5. The molecular formula is C16H22O11. The van der Waals surface area contributed by atoms with Crippen molar-refractivity contribution in [3.8, 4) is 0 Å². The summed E-state index contributed by atoms with van der Waals surface area (Å²) >= 11 is 0. The Labute approximate surface area is 155 Å². The van der Waals surface area contributed by atoms with Crippen molar-refractivity contribution in [1.29, 1.82) is 0 Å². The molecule has 1 aliphatic heterocycles. The predicted octanol–water partition coefficient (Wildman–Crippen LogP) is -0.715. The fourth-order valence-corrected chi connectivity index (χ4v) is 2.46. The molecule has 0 spiro atoms. The molecule has 1 rings (SSSR count). The van der Waals surface area contributed by atoms with Crippen LogP contribution < -0.4 is 0 Å². The highest BCUT2D eigenvalue weighted by molar-refractivity contribution is 5.68. The van der Waals surface area contributed by atoms with E-state index in [2.05, 4.69) is 0 Å². The highest BCUT2D eigenvalue weighted by Gasteiger charge is 2.52. The van der Waals surface area contributed by atoms with Crippen molar-refractivity contribution in [3.63, 3.8) is 0 Å². The van der Waals surface area contributed by atoms with Crippen LogP contribution in [0.1, 0.15) is 27.7 Å². The highest BCUT2D eigenvalue weighted by Crippen LogP contribution is 2.29. The van der Waals surface area contributed by atoms with E-state index in [-0.39, 0.29) is 6.61 Å². The van der Waals surface area contributed by atoms with Gasteiger partial charge in [0.15, 0.2) is 24.6 Å². The van der Waals surface area contributed by atoms with Crippen molar-refractivity contribution in [3.05, 3.63) is 0 Å². The summed E-state index contributed by atoms with van der Waals surface area (Å²) in [4.78, 5) is 56.3. The largest absolute Gasteiger partial charge is 0.463 e. The van der Waals surface area contributed by atoms with Gasteiger partial charge in [-0.1, -0.05) is 0 Å². The summed E-state index contributed by atoms with van der Waals surface area (Å²) in [5, 5.41) is 0. The first-order valence-corrected chi connectivity index (χ1v) is 8.01. The fraction of sp³-hybridized carbons (Fsp3) is 0.688. The minimum absolute atomic E-state index is 0.362. The second-order valence-electron chi connectivity index (χ2n) is 5.57. The summed E-state index contributed by atoms with van der Waals surface area (Å²) in [5.41, 5.74) is 0. The zero-order chi connectivity index (χ0) is 20.6. The number of hydrogen-bond acceptors (Lipinski definition) is 11. The Morgan fingerprint density at radius 1 is 0.815 bits per heavy atom. The second-order valence-corrected chi connectivity index (χ2v) is 5.57. The molecule has 0 aromatic rings. The van der Waals surface area contributed by atoms with Gasteiger partial charge in [-0.3, -0.25) is 19.2 Å². The number of ether oxygens (including phenoxy) is 6. The van der Waals surface area contributed by atoms with Crippen molar-refractivity contribution in [1.82, 2.24) is 0 Å². The lowest BCUT2D eigenvalue weighted by Gasteiger charge is -2.43. The third kappa shape index (κ3) is 7.31. The zero-order valence-electron chi connectivity index (χ0n) is 15.4. The molecule has 1 aliphatic rings. The normalized spacial score (nSPS) is 27.2. The standard InChI is InChI=1S/C16H22O11/c1-8(18)23-7-12-13(24-9(2)19)14(25-10(3)20)15(26-11(4)21)16(27-12)22-6-5-17/h5,12-16H,6-7H2,1-4H3/t12?,13-,14?,15-,16+/m1/s1. The lowest BCUT2D eigenvalue weighted by molar-refractivity contribution is -0.305. The molecule has 0 radical (unpaired) electrons. The minimum atomic E-state index is -1.34. The van der Waals surface area contributed by atoms with Gasteiger partial charge in [0, 0.05) is 27.7 Å². The van der Waals surface area contributed by atoms with Gasteiger partial charge in [-0.2, -0.15) is 0 Å². The first-order valence-electron chi connectivity index (χ1n) is 8.01. The zero-order valence-corrected chi connectivity index (χ0v) is 15.4. The van der Waals surface area contributed by atoms with Crippen molar-refractivity contribution < 1.29 is 52.4 Å². The van der Waals surface area contributed by atoms with Crippen LogP contribution in [0.4, 0.5) is 0 Å². The van der Waals surface area contributed by atoms with Crippen LogP contribution in [0.25, 0.3) is 0 Å². The Balaban J connectivity index is 3.24. The molecule has 0 amide bonds. The van der Waals surface area contributed by atoms with E-state index in [0.29, 0.717) is 6.29 Å². The topological polar surface area (TPSA) is 141 Å². The van der Waals surface area contributed by atoms with Gasteiger partial charge in [-0.25, -0.2) is 0 Å². The Bertz CT molecular complexity index is 573. The Kier molecular flexibility index (Phi) is 8.82. The Morgan fingerprint density at radius 3 is 1.81 bits per heavy atom. The van der Waals surface area contributed by atoms with Gasteiger partial charge >= 0.3 is 23.9 Å². The number of rotatable bonds is 8. The number of esters is 4. The first-order chi connectivity index (χ1) is 12.6. The molecule has 0 saturated carbocycles. The van der Waals surface area contributed by atoms with Crippen LogP contribution in [0.5, 0.6) is 0 Å². The quantitative estimate of drug-likeness (QED) is 0.295. The van der Waals surface area contributed by atoms with Gasteiger partial charge in [0.05, 0.1) is 0 Å². The molecule has 1 fully saturated rings. The van der Waals surface area contributed by atoms with Crippen LogP contribution in [0.3, 0.4) is 0 Å². The van der Waals surface area contributed by atoms with E-state index in [0.717, 1.165) is 27.7 Å². The smallest absolute Gasteiger partial charge is 0.303 e. The molecule has 5 atom stereocenters. The van der Waals surface area contributed by atoms with Crippen LogP contribution >= 0.6 is 0 Å². The van der Waals surface area contributed by atoms with Crippen molar-refractivity contribution in [2.75, 3.05) is 13.2 Å². The van der Waals surface area contributed by atoms with E-state index in [1.807, 2.05) is 0 Å². The Morgan fingerprint density at radius 2 is 1.33 bits per heavy atom. The van der Waals surface area contributed by atoms with Crippen LogP contribution in [-0.4, -0.2) is 74.1 Å². The van der Waals surface area contributed by atoms with Crippen LogP contribution in [0.2, 0.25) is 0 Å². The average molecular weight is 390 g/mol. The van der Waals surface area contributed by atoms with Gasteiger partial charge in [-0.15, -0.1) is 0 Å². The molecule has 0 aromatic carbocycles. The van der Waals surface area contributed by atoms with Crippen molar-refractivity contribution in [2.45, 2.75) is 58.4 Å². The number of hydrogen-bond donors (Lipinski definition) is 0. The SMILES string of the molecule is CC(=O)OCC1O[C@H](OCC=O)[C@H](OC(C)=O)C(OC(C)=O)[C@@H]1OC(C)=O. The number of aldehydes is 1. The van der Waals surface area contributed by atoms with Crippen LogP contribution in [0.15, 0.2) is 0 Å². The fourth-order valence-electron chi connectivity index (χ4n) is 2.46. The number of carbonyl (C=O) groups excluding carboxylic acids is 5. The molecule has 2 unspecified atom stereocenters. The minimum Gasteiger partial charge on any atom is -0.463 e. The van der Waals surface area contributed by atoms with E-state index in [1.165, 1.54) is 0 Å². The third-order valence-electron chi connectivity index (χ3n) is 3.28. The average Bonchev–Trinajstić information content (AvgIpc) is 2.54. The van der Waals surface area contributed by atoms with Crippen LogP contribution in [0, 0.1) is 0 Å². The van der Waals surface area contributed by atoms with Crippen LogP contribution in [-0.2, 0) is 52.4 Å². The van der Waals surface area contributed by atoms with Gasteiger partial charge in [0.1, 0.15) is 25.6 Å². The lowest BCUT2D eigenvalue weighted by Crippen LogP contribution is -2.63. The monoisotopic (exact) mass is 390 g/mol. The molecule has 152 valence electrons. The molecule has 0 aromatic heterocycles. The molecule has 11 nitrogen and oxygen atoms in total. The molecule has 1 heterocycles. The molecular weight excluding hydrogens is 368 g/mol. The first kappa shape index (κ1) is 22.5. The van der Waals surface area contributed by atoms with E-state index >= 15 is 0 Å². The molecule has 1 saturated heterocycles. The van der Waals surface area contributed by atoms with Gasteiger partial charge in [-0.05, 0) is 0 Å². The van der Waals surface area contributed by atoms with E-state index < -0.39 is 61.2 Å². The van der Waals surface area contributed by atoms with Gasteiger partial charge in [0.25, 0.3) is 0 Å². The molecule has 0 bridgehead atoms. The number of carbonyl (C=O) groups is 5. The molecule has 11 heteroatoms. The summed E-state index contributed by atoms with van der Waals surface area (Å²) in [6.45, 7) is 3.71. The maximum atomic E-state index is 11.5. The van der Waals surface area contributed by atoms with Gasteiger partial charge in [0.2, 0.25) is 0 Å².